The third-order valence-corrected chi connectivity index (χ3v) is 4.76. The van der Waals surface area contributed by atoms with Gasteiger partial charge in [-0.25, -0.2) is 0 Å². The summed E-state index contributed by atoms with van der Waals surface area (Å²) in [6, 6.07) is 3.98. The summed E-state index contributed by atoms with van der Waals surface area (Å²) in [4.78, 5) is 16.3. The summed E-state index contributed by atoms with van der Waals surface area (Å²) in [6.07, 6.45) is 3.33. The van der Waals surface area contributed by atoms with Gasteiger partial charge >= 0.3 is 0 Å². The molecule has 0 saturated carbocycles. The number of thiophene rings is 1. The minimum absolute atomic E-state index is 0.139. The first kappa shape index (κ1) is 13.1. The molecule has 2 aliphatic rings. The van der Waals surface area contributed by atoms with E-state index < -0.39 is 0 Å². The zero-order valence-corrected chi connectivity index (χ0v) is 11.8. The largest absolute Gasteiger partial charge is 0.380 e. The van der Waals surface area contributed by atoms with Crippen molar-refractivity contribution in [2.24, 2.45) is 0 Å². The van der Waals surface area contributed by atoms with E-state index in [4.69, 9.17) is 9.47 Å². The molecule has 1 aromatic heterocycles. The van der Waals surface area contributed by atoms with E-state index in [-0.39, 0.29) is 12.0 Å². The quantitative estimate of drug-likeness (QED) is 0.836. The van der Waals surface area contributed by atoms with Crippen molar-refractivity contribution in [3.05, 3.63) is 21.9 Å². The van der Waals surface area contributed by atoms with E-state index in [9.17, 15) is 4.79 Å². The number of rotatable bonds is 2. The van der Waals surface area contributed by atoms with E-state index in [0.717, 1.165) is 43.9 Å². The van der Waals surface area contributed by atoms with Crippen LogP contribution in [0.5, 0.6) is 0 Å². The number of amides is 1. The molecule has 0 bridgehead atoms. The zero-order valence-electron chi connectivity index (χ0n) is 11.0. The van der Waals surface area contributed by atoms with Crippen LogP contribution < -0.4 is 0 Å². The molecular weight excluding hydrogens is 262 g/mol. The van der Waals surface area contributed by atoms with Crippen molar-refractivity contribution in [3.8, 4) is 0 Å². The molecule has 0 N–H and O–H groups in total. The molecule has 1 unspecified atom stereocenters. The summed E-state index contributed by atoms with van der Waals surface area (Å²) >= 11 is 1.58. The highest BCUT2D eigenvalue weighted by atomic mass is 32.1. The third kappa shape index (κ3) is 2.99. The average Bonchev–Trinajstić information content (AvgIpc) is 3.04. The molecule has 2 saturated heterocycles. The van der Waals surface area contributed by atoms with Crippen LogP contribution in [-0.2, 0) is 9.47 Å². The van der Waals surface area contributed by atoms with Crippen molar-refractivity contribution in [2.45, 2.75) is 25.4 Å². The number of carbonyl (C=O) groups is 1. The molecule has 4 nitrogen and oxygen atoms in total. The van der Waals surface area contributed by atoms with Crippen LogP contribution in [-0.4, -0.2) is 43.7 Å². The van der Waals surface area contributed by atoms with Gasteiger partial charge in [0.15, 0.2) is 0 Å². The highest BCUT2D eigenvalue weighted by Crippen LogP contribution is 2.33. The van der Waals surface area contributed by atoms with Crippen LogP contribution in [0.2, 0.25) is 0 Å². The Morgan fingerprint density at radius 1 is 1.21 bits per heavy atom. The van der Waals surface area contributed by atoms with E-state index in [2.05, 4.69) is 0 Å². The Bertz CT molecular complexity index is 432. The Kier molecular flexibility index (Phi) is 4.15. The molecule has 104 valence electrons. The van der Waals surface area contributed by atoms with Gasteiger partial charge in [-0.2, -0.15) is 0 Å². The van der Waals surface area contributed by atoms with E-state index in [1.54, 1.807) is 11.3 Å². The molecular formula is C14H19NO3S. The second-order valence-corrected chi connectivity index (χ2v) is 6.08. The maximum atomic E-state index is 12.4. The second-order valence-electron chi connectivity index (χ2n) is 4.96. The van der Waals surface area contributed by atoms with Crippen LogP contribution in [0.3, 0.4) is 0 Å². The SMILES string of the molecule is O=C(c1ccc(C2CCCO2)s1)N1CCCOCC1. The maximum absolute atomic E-state index is 12.4. The zero-order chi connectivity index (χ0) is 13.1. The summed E-state index contributed by atoms with van der Waals surface area (Å²) in [5.41, 5.74) is 0. The lowest BCUT2D eigenvalue weighted by Crippen LogP contribution is -2.32. The van der Waals surface area contributed by atoms with Gasteiger partial charge < -0.3 is 14.4 Å². The molecule has 1 aromatic rings. The number of hydrogen-bond donors (Lipinski definition) is 0. The smallest absolute Gasteiger partial charge is 0.264 e. The van der Waals surface area contributed by atoms with Crippen molar-refractivity contribution in [2.75, 3.05) is 32.9 Å². The Balaban J connectivity index is 1.68. The van der Waals surface area contributed by atoms with E-state index in [0.29, 0.717) is 13.2 Å². The molecule has 1 amide bonds. The minimum atomic E-state index is 0.139. The lowest BCUT2D eigenvalue weighted by molar-refractivity contribution is 0.0746. The Morgan fingerprint density at radius 3 is 3.00 bits per heavy atom. The van der Waals surface area contributed by atoms with Crippen molar-refractivity contribution >= 4 is 17.2 Å². The van der Waals surface area contributed by atoms with Crippen molar-refractivity contribution in [3.63, 3.8) is 0 Å². The highest BCUT2D eigenvalue weighted by Gasteiger charge is 2.23. The molecule has 1 atom stereocenters. The Morgan fingerprint density at radius 2 is 2.16 bits per heavy atom. The van der Waals surface area contributed by atoms with Gasteiger partial charge in [0, 0.05) is 31.2 Å². The third-order valence-electron chi connectivity index (χ3n) is 3.59. The van der Waals surface area contributed by atoms with Crippen molar-refractivity contribution in [1.82, 2.24) is 4.90 Å². The lowest BCUT2D eigenvalue weighted by atomic mass is 10.2. The van der Waals surface area contributed by atoms with Crippen molar-refractivity contribution < 1.29 is 14.3 Å². The lowest BCUT2D eigenvalue weighted by Gasteiger charge is -2.18. The monoisotopic (exact) mass is 281 g/mol. The van der Waals surface area contributed by atoms with Crippen LogP contribution in [0.25, 0.3) is 0 Å². The van der Waals surface area contributed by atoms with Gasteiger partial charge in [0.2, 0.25) is 0 Å². The normalized spacial score (nSPS) is 24.4. The molecule has 3 rings (SSSR count). The molecule has 2 aliphatic heterocycles. The highest BCUT2D eigenvalue weighted by molar-refractivity contribution is 7.14. The number of ether oxygens (including phenoxy) is 2. The second kappa shape index (κ2) is 6.03. The van der Waals surface area contributed by atoms with Gasteiger partial charge in [0.05, 0.1) is 17.6 Å². The van der Waals surface area contributed by atoms with E-state index in [1.165, 1.54) is 4.88 Å². The van der Waals surface area contributed by atoms with Crippen LogP contribution in [0, 0.1) is 0 Å². The molecule has 5 heteroatoms. The topological polar surface area (TPSA) is 38.8 Å². The first-order valence-electron chi connectivity index (χ1n) is 6.93. The molecule has 0 spiro atoms. The Labute approximate surface area is 117 Å². The van der Waals surface area contributed by atoms with Crippen LogP contribution in [0.15, 0.2) is 12.1 Å². The summed E-state index contributed by atoms with van der Waals surface area (Å²) in [5.74, 6) is 0.139. The van der Waals surface area contributed by atoms with Gasteiger partial charge in [-0.15, -0.1) is 11.3 Å². The average molecular weight is 281 g/mol. The standard InChI is InChI=1S/C14H19NO3S/c16-14(15-6-2-8-17-10-7-15)13-5-4-12(19-13)11-3-1-9-18-11/h4-5,11H,1-3,6-10H2. The molecule has 3 heterocycles. The fraction of sp³-hybridized carbons (Fsp3) is 0.643. The fourth-order valence-electron chi connectivity index (χ4n) is 2.55. The molecule has 19 heavy (non-hydrogen) atoms. The number of hydrogen-bond acceptors (Lipinski definition) is 4. The Hall–Kier alpha value is -0.910. The molecule has 2 fully saturated rings. The molecule has 0 aromatic carbocycles. The predicted molar refractivity (Wildman–Crippen MR) is 73.6 cm³/mol. The van der Waals surface area contributed by atoms with E-state index in [1.807, 2.05) is 17.0 Å². The van der Waals surface area contributed by atoms with Gasteiger partial charge in [-0.1, -0.05) is 0 Å². The summed E-state index contributed by atoms with van der Waals surface area (Å²) in [6.45, 7) is 3.75. The fourth-order valence-corrected chi connectivity index (χ4v) is 3.61. The first-order valence-corrected chi connectivity index (χ1v) is 7.74. The van der Waals surface area contributed by atoms with Crippen LogP contribution in [0.1, 0.15) is 39.9 Å². The van der Waals surface area contributed by atoms with Gasteiger partial charge in [0.1, 0.15) is 0 Å². The number of carbonyl (C=O) groups excluding carboxylic acids is 1. The molecule has 0 aliphatic carbocycles. The molecule has 0 radical (unpaired) electrons. The summed E-state index contributed by atoms with van der Waals surface area (Å²) < 4.78 is 11.0. The van der Waals surface area contributed by atoms with Gasteiger partial charge in [-0.05, 0) is 31.4 Å². The van der Waals surface area contributed by atoms with Crippen LogP contribution >= 0.6 is 11.3 Å². The summed E-state index contributed by atoms with van der Waals surface area (Å²) in [7, 11) is 0. The van der Waals surface area contributed by atoms with Crippen LogP contribution in [0.4, 0.5) is 0 Å². The minimum Gasteiger partial charge on any atom is -0.380 e. The van der Waals surface area contributed by atoms with E-state index >= 15 is 0 Å². The van der Waals surface area contributed by atoms with Crippen molar-refractivity contribution in [1.29, 1.82) is 0 Å². The van der Waals surface area contributed by atoms with Gasteiger partial charge in [0.25, 0.3) is 5.91 Å². The van der Waals surface area contributed by atoms with Gasteiger partial charge in [-0.3, -0.25) is 4.79 Å². The first-order chi connectivity index (χ1) is 9.34. The maximum Gasteiger partial charge on any atom is 0.264 e. The predicted octanol–water partition coefficient (Wildman–Crippen LogP) is 2.46. The number of nitrogens with zero attached hydrogens (tertiary/aromatic N) is 1. The summed E-state index contributed by atoms with van der Waals surface area (Å²) in [5, 5.41) is 0.